The maximum atomic E-state index is 6.56. The molecule has 3 aliphatic rings. The van der Waals surface area contributed by atoms with Crippen LogP contribution in [0.5, 0.6) is 0 Å². The van der Waals surface area contributed by atoms with E-state index in [1.165, 1.54) is 59.1 Å². The first-order valence-electron chi connectivity index (χ1n) is 15.7. The maximum Gasteiger partial charge on any atom is 0.0982 e. The minimum Gasteiger partial charge on any atom is -0.359 e. The van der Waals surface area contributed by atoms with Crippen molar-refractivity contribution in [3.8, 4) is 0 Å². The van der Waals surface area contributed by atoms with Crippen LogP contribution in [0, 0.1) is 16.7 Å². The van der Waals surface area contributed by atoms with Crippen molar-refractivity contribution in [1.82, 2.24) is 0 Å². The van der Waals surface area contributed by atoms with Gasteiger partial charge in [-0.05, 0) is 102 Å². The molecule has 0 amide bonds. The lowest BCUT2D eigenvalue weighted by atomic mass is 9.67. The van der Waals surface area contributed by atoms with Gasteiger partial charge in [0.2, 0.25) is 0 Å². The molecule has 0 spiro atoms. The largest absolute Gasteiger partial charge is 0.359 e. The third-order valence-electron chi connectivity index (χ3n) is 9.31. The van der Waals surface area contributed by atoms with Crippen LogP contribution in [0.4, 0.5) is 0 Å². The summed E-state index contributed by atoms with van der Waals surface area (Å²) in [5, 5.41) is 0. The molecule has 0 bridgehead atoms. The Kier molecular flexibility index (Phi) is 11.2. The number of ether oxygens (including phenoxy) is 1. The van der Waals surface area contributed by atoms with Crippen molar-refractivity contribution in [2.75, 3.05) is 0 Å². The predicted octanol–water partition coefficient (Wildman–Crippen LogP) is 11.7. The van der Waals surface area contributed by atoms with Gasteiger partial charge in [0.05, 0.1) is 11.7 Å². The molecular weight excluding hydrogens is 496 g/mol. The lowest BCUT2D eigenvalue weighted by Gasteiger charge is -2.42. The maximum absolute atomic E-state index is 6.56. The second kappa shape index (κ2) is 14.0. The fraction of sp³-hybridized carbons (Fsp3) is 0.500. The summed E-state index contributed by atoms with van der Waals surface area (Å²) >= 11 is 0. The third kappa shape index (κ3) is 9.17. The fourth-order valence-electron chi connectivity index (χ4n) is 6.68. The minimum absolute atomic E-state index is 0.0856. The average Bonchev–Trinajstić information content (AvgIpc) is 3.25. The van der Waals surface area contributed by atoms with E-state index in [-0.39, 0.29) is 17.1 Å². The Balaban J connectivity index is 1.50. The van der Waals surface area contributed by atoms with Gasteiger partial charge in [-0.25, -0.2) is 0 Å². The summed E-state index contributed by atoms with van der Waals surface area (Å²) in [6.07, 6.45) is 37.2. The standard InChI is InChI=1S/C40H56O/c1-30(19-13-20-32(3)24-25-35-33(4)23-15-26-38(35,6)7)17-11-12-18-31(2)21-14-22-34(5)36-29-37-39(8,9)27-16-28-40(37,10)41-36/h11-14,17-25,29,35-36H,15-16,26-28H2,1-10H3/b12-11+,19-13+,21-14+,25-24+,30-17+,31-18+,32-20+,34-22-. The van der Waals surface area contributed by atoms with Crippen LogP contribution in [0.15, 0.2) is 119 Å². The molecule has 0 aromatic rings. The molecule has 2 aliphatic carbocycles. The average molecular weight is 553 g/mol. The molecule has 0 aromatic carbocycles. The van der Waals surface area contributed by atoms with Crippen molar-refractivity contribution >= 4 is 0 Å². The summed E-state index contributed by atoms with van der Waals surface area (Å²) in [4.78, 5) is 0. The number of fused-ring (bicyclic) bond motifs is 1. The molecule has 1 aliphatic heterocycles. The van der Waals surface area contributed by atoms with Gasteiger partial charge in [-0.3, -0.25) is 0 Å². The first-order chi connectivity index (χ1) is 19.2. The Bertz CT molecular complexity index is 1240. The summed E-state index contributed by atoms with van der Waals surface area (Å²) in [5.74, 6) is 0.529. The first-order valence-corrected chi connectivity index (χ1v) is 15.7. The Morgan fingerprint density at radius 2 is 1.34 bits per heavy atom. The van der Waals surface area contributed by atoms with Crippen molar-refractivity contribution in [1.29, 1.82) is 0 Å². The normalized spacial score (nSPS) is 29.6. The molecule has 3 rings (SSSR count). The summed E-state index contributed by atoms with van der Waals surface area (Å²) < 4.78 is 6.56. The topological polar surface area (TPSA) is 9.23 Å². The molecule has 0 saturated heterocycles. The smallest absolute Gasteiger partial charge is 0.0982 e. The van der Waals surface area contributed by atoms with Gasteiger partial charge in [0, 0.05) is 5.92 Å². The van der Waals surface area contributed by atoms with E-state index in [9.17, 15) is 0 Å². The lowest BCUT2D eigenvalue weighted by Crippen LogP contribution is -2.39. The second-order valence-corrected chi connectivity index (χ2v) is 14.1. The molecule has 41 heavy (non-hydrogen) atoms. The lowest BCUT2D eigenvalue weighted by molar-refractivity contribution is -0.0307. The zero-order valence-corrected chi connectivity index (χ0v) is 27.7. The highest BCUT2D eigenvalue weighted by Gasteiger charge is 2.47. The number of allylic oxidation sites excluding steroid dienone is 17. The van der Waals surface area contributed by atoms with E-state index in [1.807, 2.05) is 0 Å². The van der Waals surface area contributed by atoms with Crippen LogP contribution in [-0.4, -0.2) is 11.7 Å². The van der Waals surface area contributed by atoms with E-state index in [1.54, 1.807) is 0 Å². The van der Waals surface area contributed by atoms with E-state index >= 15 is 0 Å². The zero-order chi connectivity index (χ0) is 30.3. The van der Waals surface area contributed by atoms with E-state index in [0.717, 1.165) is 6.42 Å². The molecule has 1 heterocycles. The highest BCUT2D eigenvalue weighted by atomic mass is 16.5. The predicted molar refractivity (Wildman–Crippen MR) is 181 cm³/mol. The van der Waals surface area contributed by atoms with E-state index in [0.29, 0.717) is 11.3 Å². The summed E-state index contributed by atoms with van der Waals surface area (Å²) in [6, 6.07) is 0. The molecule has 1 fully saturated rings. The molecule has 3 atom stereocenters. The van der Waals surface area contributed by atoms with Gasteiger partial charge >= 0.3 is 0 Å². The number of hydrogen-bond donors (Lipinski definition) is 0. The van der Waals surface area contributed by atoms with E-state index < -0.39 is 0 Å². The quantitative estimate of drug-likeness (QED) is 0.204. The highest BCUT2D eigenvalue weighted by molar-refractivity contribution is 5.37. The van der Waals surface area contributed by atoms with Crippen LogP contribution in [0.3, 0.4) is 0 Å². The van der Waals surface area contributed by atoms with Gasteiger partial charge in [-0.1, -0.05) is 129 Å². The summed E-state index contributed by atoms with van der Waals surface area (Å²) in [6.45, 7) is 22.7. The Hall–Kier alpha value is -2.64. The monoisotopic (exact) mass is 552 g/mol. The highest BCUT2D eigenvalue weighted by Crippen LogP contribution is 2.52. The van der Waals surface area contributed by atoms with Crippen LogP contribution in [0.25, 0.3) is 0 Å². The number of hydrogen-bond acceptors (Lipinski definition) is 1. The van der Waals surface area contributed by atoms with E-state index in [4.69, 9.17) is 4.74 Å². The zero-order valence-electron chi connectivity index (χ0n) is 27.7. The summed E-state index contributed by atoms with van der Waals surface area (Å²) in [7, 11) is 0. The minimum atomic E-state index is -0.0954. The Labute approximate surface area is 252 Å². The van der Waals surface area contributed by atoms with Crippen molar-refractivity contribution < 1.29 is 4.74 Å². The second-order valence-electron chi connectivity index (χ2n) is 14.1. The summed E-state index contributed by atoms with van der Waals surface area (Å²) in [5.41, 5.74) is 8.47. The fourth-order valence-corrected chi connectivity index (χ4v) is 6.68. The Morgan fingerprint density at radius 1 is 0.756 bits per heavy atom. The molecule has 0 aromatic heterocycles. The molecule has 1 saturated carbocycles. The van der Waals surface area contributed by atoms with E-state index in [2.05, 4.69) is 154 Å². The van der Waals surface area contributed by atoms with Crippen LogP contribution in [-0.2, 0) is 4.74 Å². The SMILES string of the molecule is CC1=CCCC(C)(C)C1/C=C/C(C)=C/C=C/C(C)=C/C=C/C=C(C)/C=C/C=C(/C)C1C=C2C(C)(C)CCCC2(C)O1. The molecule has 1 heteroatoms. The van der Waals surface area contributed by atoms with Gasteiger partial charge in [-0.15, -0.1) is 0 Å². The molecule has 3 unspecified atom stereocenters. The van der Waals surface area contributed by atoms with Crippen molar-refractivity contribution in [2.24, 2.45) is 16.7 Å². The van der Waals surface area contributed by atoms with Crippen LogP contribution < -0.4 is 0 Å². The van der Waals surface area contributed by atoms with Crippen LogP contribution in [0.1, 0.15) is 101 Å². The van der Waals surface area contributed by atoms with Crippen molar-refractivity contribution in [3.05, 3.63) is 119 Å². The molecular formula is C40H56O. The van der Waals surface area contributed by atoms with Crippen LogP contribution >= 0.6 is 0 Å². The Morgan fingerprint density at radius 3 is 1.95 bits per heavy atom. The van der Waals surface area contributed by atoms with Gasteiger partial charge < -0.3 is 4.74 Å². The molecule has 222 valence electrons. The first kappa shape index (κ1) is 32.9. The van der Waals surface area contributed by atoms with Gasteiger partial charge in [0.15, 0.2) is 0 Å². The van der Waals surface area contributed by atoms with Crippen LogP contribution in [0.2, 0.25) is 0 Å². The van der Waals surface area contributed by atoms with Crippen molar-refractivity contribution in [2.45, 2.75) is 113 Å². The van der Waals surface area contributed by atoms with Gasteiger partial charge in [-0.2, -0.15) is 0 Å². The number of rotatable bonds is 9. The molecule has 1 nitrogen and oxygen atoms in total. The third-order valence-corrected chi connectivity index (χ3v) is 9.31. The molecule has 0 N–H and O–H groups in total. The van der Waals surface area contributed by atoms with Gasteiger partial charge in [0.1, 0.15) is 0 Å². The van der Waals surface area contributed by atoms with Gasteiger partial charge in [0.25, 0.3) is 0 Å². The molecule has 0 radical (unpaired) electrons. The van der Waals surface area contributed by atoms with Crippen molar-refractivity contribution in [3.63, 3.8) is 0 Å².